The summed E-state index contributed by atoms with van der Waals surface area (Å²) in [5.41, 5.74) is 1.35. The topological polar surface area (TPSA) is 84.9 Å². The minimum atomic E-state index is -3.69. The maximum Gasteiger partial charge on any atom is 0.241 e. The van der Waals surface area contributed by atoms with Gasteiger partial charge in [-0.1, -0.05) is 44.2 Å². The van der Waals surface area contributed by atoms with Gasteiger partial charge >= 0.3 is 0 Å². The quantitative estimate of drug-likeness (QED) is 0.693. The van der Waals surface area contributed by atoms with Gasteiger partial charge in [0.25, 0.3) is 0 Å². The van der Waals surface area contributed by atoms with Crippen LogP contribution in [0.2, 0.25) is 0 Å². The fourth-order valence-electron chi connectivity index (χ4n) is 3.39. The molecule has 1 atom stereocenters. The Kier molecular flexibility index (Phi) is 6.87. The standard InChI is InChI=1S/C22H28N2O5S/c1-16(2)13-19(17-7-5-4-6-8-17)23-22(25)15-24(30(3,26)27)18-9-10-20-21(14-18)29-12-11-28-20/h4-10,14,16,19H,11-13,15H2,1-3H3,(H,23,25)/t19-/m1/s1. The highest BCUT2D eigenvalue weighted by atomic mass is 32.2. The number of sulfonamides is 1. The second kappa shape index (κ2) is 9.38. The molecule has 3 rings (SSSR count). The van der Waals surface area contributed by atoms with E-state index in [1.54, 1.807) is 18.2 Å². The van der Waals surface area contributed by atoms with E-state index in [4.69, 9.17) is 9.47 Å². The summed E-state index contributed by atoms with van der Waals surface area (Å²) in [7, 11) is -3.69. The Morgan fingerprint density at radius 1 is 1.07 bits per heavy atom. The van der Waals surface area contributed by atoms with E-state index in [1.807, 2.05) is 30.3 Å². The molecule has 7 nitrogen and oxygen atoms in total. The molecular weight excluding hydrogens is 404 g/mol. The number of anilines is 1. The zero-order valence-electron chi connectivity index (χ0n) is 17.5. The minimum absolute atomic E-state index is 0.194. The fraction of sp³-hybridized carbons (Fsp3) is 0.409. The van der Waals surface area contributed by atoms with Crippen LogP contribution in [-0.4, -0.2) is 40.3 Å². The molecule has 1 aliphatic rings. The number of hydrogen-bond donors (Lipinski definition) is 1. The molecule has 0 radical (unpaired) electrons. The number of carbonyl (C=O) groups is 1. The summed E-state index contributed by atoms with van der Waals surface area (Å²) in [5, 5.41) is 3.00. The highest BCUT2D eigenvalue weighted by Crippen LogP contribution is 2.34. The first kappa shape index (κ1) is 22.0. The Labute approximate surface area is 178 Å². The van der Waals surface area contributed by atoms with Crippen molar-refractivity contribution in [3.05, 3.63) is 54.1 Å². The monoisotopic (exact) mass is 432 g/mol. The van der Waals surface area contributed by atoms with Gasteiger partial charge in [0.15, 0.2) is 11.5 Å². The number of hydrogen-bond acceptors (Lipinski definition) is 5. The average Bonchev–Trinajstić information content (AvgIpc) is 2.71. The van der Waals surface area contributed by atoms with Crippen LogP contribution in [0.5, 0.6) is 11.5 Å². The lowest BCUT2D eigenvalue weighted by Crippen LogP contribution is -2.41. The van der Waals surface area contributed by atoms with Crippen LogP contribution in [0.25, 0.3) is 0 Å². The van der Waals surface area contributed by atoms with Crippen molar-refractivity contribution in [3.63, 3.8) is 0 Å². The molecule has 0 saturated heterocycles. The van der Waals surface area contributed by atoms with Gasteiger partial charge < -0.3 is 14.8 Å². The van der Waals surface area contributed by atoms with Gasteiger partial charge in [-0.2, -0.15) is 0 Å². The van der Waals surface area contributed by atoms with Crippen LogP contribution in [-0.2, 0) is 14.8 Å². The predicted molar refractivity (Wildman–Crippen MR) is 116 cm³/mol. The number of ether oxygens (including phenoxy) is 2. The van der Waals surface area contributed by atoms with Gasteiger partial charge in [-0.25, -0.2) is 8.42 Å². The molecule has 1 N–H and O–H groups in total. The SMILES string of the molecule is CC(C)C[C@@H](NC(=O)CN(c1ccc2c(c1)OCCO2)S(C)(=O)=O)c1ccccc1. The highest BCUT2D eigenvalue weighted by Gasteiger charge is 2.25. The zero-order chi connectivity index (χ0) is 21.7. The normalized spacial score (nSPS) is 14.3. The van der Waals surface area contributed by atoms with Crippen LogP contribution in [0, 0.1) is 5.92 Å². The van der Waals surface area contributed by atoms with Crippen molar-refractivity contribution in [2.45, 2.75) is 26.3 Å². The summed E-state index contributed by atoms with van der Waals surface area (Å²) in [6, 6.07) is 14.4. The van der Waals surface area contributed by atoms with Crippen LogP contribution < -0.4 is 19.1 Å². The molecule has 8 heteroatoms. The van der Waals surface area contributed by atoms with Gasteiger partial charge in [-0.3, -0.25) is 9.10 Å². The number of nitrogens with one attached hydrogen (secondary N) is 1. The van der Waals surface area contributed by atoms with Crippen LogP contribution >= 0.6 is 0 Å². The number of amides is 1. The molecule has 2 aromatic rings. The Balaban J connectivity index is 1.80. The maximum absolute atomic E-state index is 12.9. The molecule has 1 aliphatic heterocycles. The van der Waals surface area contributed by atoms with Gasteiger partial charge in [0, 0.05) is 6.07 Å². The maximum atomic E-state index is 12.9. The van der Waals surface area contributed by atoms with E-state index in [9.17, 15) is 13.2 Å². The van der Waals surface area contributed by atoms with Crippen molar-refractivity contribution in [3.8, 4) is 11.5 Å². The third-order valence-electron chi connectivity index (χ3n) is 4.75. The van der Waals surface area contributed by atoms with Crippen molar-refractivity contribution >= 4 is 21.6 Å². The van der Waals surface area contributed by atoms with Crippen molar-refractivity contribution in [2.24, 2.45) is 5.92 Å². The van der Waals surface area contributed by atoms with E-state index >= 15 is 0 Å². The van der Waals surface area contributed by atoms with E-state index < -0.39 is 10.0 Å². The summed E-state index contributed by atoms with van der Waals surface area (Å²) in [6.45, 7) is 4.69. The van der Waals surface area contributed by atoms with Gasteiger partial charge in [0.2, 0.25) is 15.9 Å². The van der Waals surface area contributed by atoms with E-state index in [1.165, 1.54) is 0 Å². The second-order valence-corrected chi connectivity index (χ2v) is 9.66. The predicted octanol–water partition coefficient (Wildman–Crippen LogP) is 3.13. The minimum Gasteiger partial charge on any atom is -0.486 e. The largest absolute Gasteiger partial charge is 0.486 e. The van der Waals surface area contributed by atoms with Crippen LogP contribution in [0.15, 0.2) is 48.5 Å². The first-order chi connectivity index (χ1) is 14.2. The van der Waals surface area contributed by atoms with Gasteiger partial charge in [0.1, 0.15) is 19.8 Å². The summed E-state index contributed by atoms with van der Waals surface area (Å²) in [4.78, 5) is 12.9. The molecule has 0 spiro atoms. The van der Waals surface area contributed by atoms with Crippen molar-refractivity contribution < 1.29 is 22.7 Å². The molecular formula is C22H28N2O5S. The smallest absolute Gasteiger partial charge is 0.241 e. The number of rotatable bonds is 8. The molecule has 0 unspecified atom stereocenters. The Morgan fingerprint density at radius 3 is 2.37 bits per heavy atom. The van der Waals surface area contributed by atoms with Crippen LogP contribution in [0.1, 0.15) is 31.9 Å². The number of carbonyl (C=O) groups excluding carboxylic acids is 1. The molecule has 1 amide bonds. The number of fused-ring (bicyclic) bond motifs is 1. The Bertz CT molecular complexity index is 976. The summed E-state index contributed by atoms with van der Waals surface area (Å²) < 4.78 is 37.0. The third kappa shape index (κ3) is 5.66. The Morgan fingerprint density at radius 2 is 1.73 bits per heavy atom. The van der Waals surface area contributed by atoms with Gasteiger partial charge in [0.05, 0.1) is 18.0 Å². The molecule has 0 aromatic heterocycles. The van der Waals surface area contributed by atoms with Crippen molar-refractivity contribution in [1.29, 1.82) is 0 Å². The average molecular weight is 433 g/mol. The fourth-order valence-corrected chi connectivity index (χ4v) is 4.24. The molecule has 0 saturated carbocycles. The van der Waals surface area contributed by atoms with E-state index in [-0.39, 0.29) is 18.5 Å². The second-order valence-electron chi connectivity index (χ2n) is 7.76. The van der Waals surface area contributed by atoms with Gasteiger partial charge in [-0.15, -0.1) is 0 Å². The molecule has 0 fully saturated rings. The summed E-state index contributed by atoms with van der Waals surface area (Å²) >= 11 is 0. The molecule has 2 aromatic carbocycles. The summed E-state index contributed by atoms with van der Waals surface area (Å²) in [5.74, 6) is 1.02. The first-order valence-electron chi connectivity index (χ1n) is 9.95. The van der Waals surface area contributed by atoms with E-state index in [0.29, 0.717) is 36.3 Å². The van der Waals surface area contributed by atoms with Gasteiger partial charge in [-0.05, 0) is 30.0 Å². The van der Waals surface area contributed by atoms with Crippen LogP contribution in [0.3, 0.4) is 0 Å². The lowest BCUT2D eigenvalue weighted by atomic mass is 9.97. The molecule has 0 bridgehead atoms. The lowest BCUT2D eigenvalue weighted by Gasteiger charge is -2.26. The number of nitrogens with zero attached hydrogens (tertiary/aromatic N) is 1. The molecule has 0 aliphatic carbocycles. The molecule has 30 heavy (non-hydrogen) atoms. The van der Waals surface area contributed by atoms with Crippen molar-refractivity contribution in [2.75, 3.05) is 30.3 Å². The number of benzene rings is 2. The third-order valence-corrected chi connectivity index (χ3v) is 5.89. The van der Waals surface area contributed by atoms with E-state index in [0.717, 1.165) is 22.5 Å². The van der Waals surface area contributed by atoms with Crippen molar-refractivity contribution in [1.82, 2.24) is 5.32 Å². The molecule has 1 heterocycles. The Hall–Kier alpha value is -2.74. The van der Waals surface area contributed by atoms with Crippen LogP contribution in [0.4, 0.5) is 5.69 Å². The van der Waals surface area contributed by atoms with E-state index in [2.05, 4.69) is 19.2 Å². The molecule has 162 valence electrons. The first-order valence-corrected chi connectivity index (χ1v) is 11.8. The zero-order valence-corrected chi connectivity index (χ0v) is 18.3. The summed E-state index contributed by atoms with van der Waals surface area (Å²) in [6.07, 6.45) is 1.83. The highest BCUT2D eigenvalue weighted by molar-refractivity contribution is 7.92. The lowest BCUT2D eigenvalue weighted by molar-refractivity contribution is -0.120.